The number of ether oxygens (including phenoxy) is 2. The van der Waals surface area contributed by atoms with E-state index in [0.29, 0.717) is 19.1 Å². The van der Waals surface area contributed by atoms with Crippen LogP contribution >= 0.6 is 0 Å². The van der Waals surface area contributed by atoms with E-state index in [1.54, 1.807) is 7.11 Å². The van der Waals surface area contributed by atoms with Crippen LogP contribution in [0.15, 0.2) is 29.3 Å². The van der Waals surface area contributed by atoms with Gasteiger partial charge in [-0.05, 0) is 30.5 Å². The molecule has 1 fully saturated rings. The fourth-order valence-corrected chi connectivity index (χ4v) is 3.16. The van der Waals surface area contributed by atoms with Crippen LogP contribution in [0.3, 0.4) is 0 Å². The number of carbonyl (C=O) groups is 1. The van der Waals surface area contributed by atoms with Gasteiger partial charge in [0.2, 0.25) is 5.91 Å². The number of guanidine groups is 1. The second kappa shape index (κ2) is 11.6. The number of hydrogen-bond acceptors (Lipinski definition) is 4. The Morgan fingerprint density at radius 3 is 2.74 bits per heavy atom. The third-order valence-corrected chi connectivity index (χ3v) is 4.55. The lowest BCUT2D eigenvalue weighted by Crippen LogP contribution is -2.41. The first-order valence-corrected chi connectivity index (χ1v) is 9.51. The minimum Gasteiger partial charge on any atom is -0.382 e. The molecule has 1 atom stereocenters. The van der Waals surface area contributed by atoms with Crippen LogP contribution in [0.1, 0.15) is 18.9 Å². The SMILES string of the molecule is CN=C(NCCc1ccc(NC(C)=O)cc1)N1CCC(COCCOC)C1. The van der Waals surface area contributed by atoms with Crippen molar-refractivity contribution in [2.45, 2.75) is 19.8 Å². The zero-order valence-corrected chi connectivity index (χ0v) is 16.7. The molecule has 0 aliphatic carbocycles. The molecule has 0 aromatic heterocycles. The lowest BCUT2D eigenvalue weighted by atomic mass is 10.1. The molecule has 0 bridgehead atoms. The summed E-state index contributed by atoms with van der Waals surface area (Å²) in [6.07, 6.45) is 2.02. The number of rotatable bonds is 9. The van der Waals surface area contributed by atoms with Crippen molar-refractivity contribution in [3.8, 4) is 0 Å². The molecule has 1 saturated heterocycles. The van der Waals surface area contributed by atoms with Gasteiger partial charge in [0.25, 0.3) is 0 Å². The number of carbonyl (C=O) groups excluding carboxylic acids is 1. The van der Waals surface area contributed by atoms with Crippen molar-refractivity contribution < 1.29 is 14.3 Å². The number of methoxy groups -OCH3 is 1. The van der Waals surface area contributed by atoms with E-state index in [0.717, 1.165) is 50.7 Å². The highest BCUT2D eigenvalue weighted by Crippen LogP contribution is 2.16. The van der Waals surface area contributed by atoms with Crippen LogP contribution in [0.5, 0.6) is 0 Å². The van der Waals surface area contributed by atoms with Gasteiger partial charge in [0.05, 0.1) is 19.8 Å². The van der Waals surface area contributed by atoms with E-state index in [4.69, 9.17) is 9.47 Å². The summed E-state index contributed by atoms with van der Waals surface area (Å²) in [5.41, 5.74) is 2.05. The second-order valence-corrected chi connectivity index (χ2v) is 6.77. The van der Waals surface area contributed by atoms with Gasteiger partial charge in [-0.3, -0.25) is 9.79 Å². The lowest BCUT2D eigenvalue weighted by molar-refractivity contribution is -0.114. The molecule has 1 unspecified atom stereocenters. The van der Waals surface area contributed by atoms with Crippen LogP contribution < -0.4 is 10.6 Å². The van der Waals surface area contributed by atoms with E-state index in [1.165, 1.54) is 12.5 Å². The van der Waals surface area contributed by atoms with Crippen LogP contribution in [0.4, 0.5) is 5.69 Å². The Morgan fingerprint density at radius 2 is 2.07 bits per heavy atom. The van der Waals surface area contributed by atoms with Gasteiger partial charge in [-0.1, -0.05) is 12.1 Å². The molecule has 2 rings (SSSR count). The largest absolute Gasteiger partial charge is 0.382 e. The van der Waals surface area contributed by atoms with Crippen LogP contribution in [-0.2, 0) is 20.7 Å². The maximum atomic E-state index is 11.1. The highest BCUT2D eigenvalue weighted by Gasteiger charge is 2.24. The molecule has 1 aromatic rings. The fraction of sp³-hybridized carbons (Fsp3) is 0.600. The minimum absolute atomic E-state index is 0.0544. The molecule has 2 N–H and O–H groups in total. The molecule has 0 spiro atoms. The number of likely N-dealkylation sites (tertiary alicyclic amines) is 1. The van der Waals surface area contributed by atoms with Crippen molar-refractivity contribution in [3.63, 3.8) is 0 Å². The Morgan fingerprint density at radius 1 is 1.30 bits per heavy atom. The van der Waals surface area contributed by atoms with E-state index in [9.17, 15) is 4.79 Å². The third-order valence-electron chi connectivity index (χ3n) is 4.55. The van der Waals surface area contributed by atoms with Crippen molar-refractivity contribution in [2.75, 3.05) is 58.9 Å². The molecule has 7 heteroatoms. The summed E-state index contributed by atoms with van der Waals surface area (Å²) >= 11 is 0. The van der Waals surface area contributed by atoms with Crippen LogP contribution in [-0.4, -0.2) is 70.4 Å². The smallest absolute Gasteiger partial charge is 0.221 e. The molecule has 27 heavy (non-hydrogen) atoms. The second-order valence-electron chi connectivity index (χ2n) is 6.77. The number of nitrogens with zero attached hydrogens (tertiary/aromatic N) is 2. The van der Waals surface area contributed by atoms with Gasteiger partial charge in [-0.15, -0.1) is 0 Å². The van der Waals surface area contributed by atoms with Crippen molar-refractivity contribution in [3.05, 3.63) is 29.8 Å². The topological polar surface area (TPSA) is 75.2 Å². The van der Waals surface area contributed by atoms with E-state index >= 15 is 0 Å². The normalized spacial score (nSPS) is 17.2. The number of amides is 1. The highest BCUT2D eigenvalue weighted by molar-refractivity contribution is 5.88. The number of anilines is 1. The predicted octanol–water partition coefficient (Wildman–Crippen LogP) is 1.75. The van der Waals surface area contributed by atoms with Gasteiger partial charge in [-0.25, -0.2) is 0 Å². The molecule has 1 aliphatic heterocycles. The first kappa shape index (κ1) is 21.2. The molecule has 0 saturated carbocycles. The zero-order valence-electron chi connectivity index (χ0n) is 16.7. The van der Waals surface area contributed by atoms with E-state index in [1.807, 2.05) is 31.3 Å². The van der Waals surface area contributed by atoms with E-state index in [-0.39, 0.29) is 5.91 Å². The molecule has 0 radical (unpaired) electrons. The maximum Gasteiger partial charge on any atom is 0.221 e. The van der Waals surface area contributed by atoms with Gasteiger partial charge in [-0.2, -0.15) is 0 Å². The lowest BCUT2D eigenvalue weighted by Gasteiger charge is -2.21. The highest BCUT2D eigenvalue weighted by atomic mass is 16.5. The van der Waals surface area contributed by atoms with Crippen LogP contribution in [0.25, 0.3) is 0 Å². The first-order chi connectivity index (χ1) is 13.1. The van der Waals surface area contributed by atoms with Gasteiger partial charge in [0.15, 0.2) is 5.96 Å². The van der Waals surface area contributed by atoms with Gasteiger partial charge < -0.3 is 25.0 Å². The quantitative estimate of drug-likeness (QED) is 0.390. The molecule has 1 heterocycles. The summed E-state index contributed by atoms with van der Waals surface area (Å²) in [6.45, 7) is 6.38. The van der Waals surface area contributed by atoms with Gasteiger partial charge in [0.1, 0.15) is 0 Å². The van der Waals surface area contributed by atoms with Crippen molar-refractivity contribution >= 4 is 17.6 Å². The Labute approximate surface area is 162 Å². The summed E-state index contributed by atoms with van der Waals surface area (Å²) in [4.78, 5) is 17.8. The monoisotopic (exact) mass is 376 g/mol. The van der Waals surface area contributed by atoms with Crippen molar-refractivity contribution in [1.82, 2.24) is 10.2 Å². The number of hydrogen-bond donors (Lipinski definition) is 2. The van der Waals surface area contributed by atoms with Crippen molar-refractivity contribution in [1.29, 1.82) is 0 Å². The van der Waals surface area contributed by atoms with Crippen LogP contribution in [0.2, 0.25) is 0 Å². The average molecular weight is 377 g/mol. The van der Waals surface area contributed by atoms with E-state index in [2.05, 4.69) is 20.5 Å². The molecular weight excluding hydrogens is 344 g/mol. The summed E-state index contributed by atoms with van der Waals surface area (Å²) in [5, 5.41) is 6.23. The number of aliphatic imine (C=N–C) groups is 1. The van der Waals surface area contributed by atoms with Gasteiger partial charge in [0, 0.05) is 52.3 Å². The maximum absolute atomic E-state index is 11.1. The molecule has 1 aliphatic rings. The van der Waals surface area contributed by atoms with Crippen LogP contribution in [0, 0.1) is 5.92 Å². The molecule has 1 aromatic carbocycles. The van der Waals surface area contributed by atoms with E-state index < -0.39 is 0 Å². The molecule has 1 amide bonds. The Hall–Kier alpha value is -2.12. The first-order valence-electron chi connectivity index (χ1n) is 9.51. The minimum atomic E-state index is -0.0544. The molecule has 7 nitrogen and oxygen atoms in total. The predicted molar refractivity (Wildman–Crippen MR) is 108 cm³/mol. The van der Waals surface area contributed by atoms with Gasteiger partial charge >= 0.3 is 0 Å². The third kappa shape index (κ3) is 7.56. The summed E-state index contributed by atoms with van der Waals surface area (Å²) in [5.74, 6) is 1.44. The number of benzene rings is 1. The summed E-state index contributed by atoms with van der Waals surface area (Å²) in [6, 6.07) is 7.94. The Bertz CT molecular complexity index is 604. The zero-order chi connectivity index (χ0) is 19.5. The number of nitrogens with one attached hydrogen (secondary N) is 2. The standard InChI is InChI=1S/C20H32N4O3/c1-16(25)23-19-6-4-17(5-7-19)8-10-22-20(21-2)24-11-9-18(14-24)15-27-13-12-26-3/h4-7,18H,8-15H2,1-3H3,(H,21,22)(H,23,25). The molecular formula is C20H32N4O3. The summed E-state index contributed by atoms with van der Waals surface area (Å²) < 4.78 is 10.7. The Balaban J connectivity index is 1.70. The molecule has 150 valence electrons. The Kier molecular flexibility index (Phi) is 9.07. The van der Waals surface area contributed by atoms with Crippen molar-refractivity contribution in [2.24, 2.45) is 10.9 Å². The summed E-state index contributed by atoms with van der Waals surface area (Å²) in [7, 11) is 3.51. The fourth-order valence-electron chi connectivity index (χ4n) is 3.16. The average Bonchev–Trinajstić information content (AvgIpc) is 3.12.